The summed E-state index contributed by atoms with van der Waals surface area (Å²) in [7, 11) is 0. The van der Waals surface area contributed by atoms with Gasteiger partial charge in [-0.25, -0.2) is 4.39 Å². The van der Waals surface area contributed by atoms with Gasteiger partial charge in [-0.15, -0.1) is 0 Å². The summed E-state index contributed by atoms with van der Waals surface area (Å²) in [6.45, 7) is 1.25. The quantitative estimate of drug-likeness (QED) is 0.573. The molecule has 0 radical (unpaired) electrons. The van der Waals surface area contributed by atoms with E-state index in [0.29, 0.717) is 5.56 Å². The first-order valence-corrected chi connectivity index (χ1v) is 4.52. The molecule has 0 bridgehead atoms. The maximum Gasteiger partial charge on any atom is 0.188 e. The van der Waals surface area contributed by atoms with E-state index in [9.17, 15) is 9.18 Å². The molecular weight excluding hydrogens is 235 g/mol. The average molecular weight is 243 g/mol. The Morgan fingerprint density at radius 1 is 1.38 bits per heavy atom. The number of carbonyl (C=O) groups excluding carboxylic acids is 1. The second kappa shape index (κ2) is 4.33. The maximum atomic E-state index is 12.3. The van der Waals surface area contributed by atoms with Gasteiger partial charge in [-0.2, -0.15) is 0 Å². The van der Waals surface area contributed by atoms with E-state index in [2.05, 4.69) is 15.9 Å². The monoisotopic (exact) mass is 242 g/mol. The van der Waals surface area contributed by atoms with Crippen LogP contribution < -0.4 is 0 Å². The van der Waals surface area contributed by atoms with Gasteiger partial charge in [-0.1, -0.05) is 15.9 Å². The lowest BCUT2D eigenvalue weighted by Crippen LogP contribution is -1.93. The molecule has 0 fully saturated rings. The van der Waals surface area contributed by atoms with Crippen molar-refractivity contribution in [2.45, 2.75) is 6.92 Å². The Morgan fingerprint density at radius 3 is 2.38 bits per heavy atom. The van der Waals surface area contributed by atoms with E-state index in [1.807, 2.05) is 0 Å². The fourth-order valence-corrected chi connectivity index (χ4v) is 1.14. The van der Waals surface area contributed by atoms with Crippen LogP contribution in [0.5, 0.6) is 0 Å². The summed E-state index contributed by atoms with van der Waals surface area (Å²) in [4.78, 5) is 11.2. The predicted molar refractivity (Wildman–Crippen MR) is 53.3 cm³/mol. The number of allylic oxidation sites excluding steroid dienone is 2. The first-order chi connectivity index (χ1) is 6.09. The SMILES string of the molecule is C/C(F)=C\C(=O)c1ccc(Br)cc1. The molecule has 1 rings (SSSR count). The zero-order chi connectivity index (χ0) is 9.84. The lowest BCUT2D eigenvalue weighted by molar-refractivity contribution is 0.104. The van der Waals surface area contributed by atoms with Gasteiger partial charge in [0.25, 0.3) is 0 Å². The van der Waals surface area contributed by atoms with E-state index in [0.717, 1.165) is 10.5 Å². The predicted octanol–water partition coefficient (Wildman–Crippen LogP) is 3.51. The van der Waals surface area contributed by atoms with Crippen molar-refractivity contribution in [3.63, 3.8) is 0 Å². The lowest BCUT2D eigenvalue weighted by Gasteiger charge is -1.95. The van der Waals surface area contributed by atoms with Crippen LogP contribution in [0.1, 0.15) is 17.3 Å². The van der Waals surface area contributed by atoms with Gasteiger partial charge in [-0.3, -0.25) is 4.79 Å². The Kier molecular flexibility index (Phi) is 3.37. The van der Waals surface area contributed by atoms with Gasteiger partial charge in [-0.05, 0) is 31.2 Å². The van der Waals surface area contributed by atoms with Crippen LogP contribution in [0.4, 0.5) is 4.39 Å². The molecule has 13 heavy (non-hydrogen) atoms. The van der Waals surface area contributed by atoms with Crippen LogP contribution in [0.2, 0.25) is 0 Å². The molecule has 1 nitrogen and oxygen atoms in total. The van der Waals surface area contributed by atoms with Crippen molar-refractivity contribution >= 4 is 21.7 Å². The summed E-state index contributed by atoms with van der Waals surface area (Å²) in [5.41, 5.74) is 0.486. The highest BCUT2D eigenvalue weighted by atomic mass is 79.9. The molecule has 0 unspecified atom stereocenters. The molecule has 3 heteroatoms. The van der Waals surface area contributed by atoms with Crippen LogP contribution in [-0.2, 0) is 0 Å². The summed E-state index contributed by atoms with van der Waals surface area (Å²) in [5.74, 6) is -0.791. The summed E-state index contributed by atoms with van der Waals surface area (Å²) < 4.78 is 13.2. The number of rotatable bonds is 2. The molecule has 0 amide bonds. The van der Waals surface area contributed by atoms with E-state index in [-0.39, 0.29) is 5.78 Å². The van der Waals surface area contributed by atoms with Crippen LogP contribution in [-0.4, -0.2) is 5.78 Å². The van der Waals surface area contributed by atoms with Crippen LogP contribution >= 0.6 is 15.9 Å². The molecule has 0 aliphatic heterocycles. The van der Waals surface area contributed by atoms with E-state index in [1.54, 1.807) is 24.3 Å². The largest absolute Gasteiger partial charge is 0.289 e. The Bertz CT molecular complexity index is 336. The molecule has 0 aromatic heterocycles. The third-order valence-corrected chi connectivity index (χ3v) is 1.99. The van der Waals surface area contributed by atoms with Gasteiger partial charge in [0.05, 0.1) is 0 Å². The molecule has 0 aliphatic carbocycles. The first kappa shape index (κ1) is 10.1. The van der Waals surface area contributed by atoms with Crippen molar-refractivity contribution in [3.05, 3.63) is 46.2 Å². The molecule has 1 aromatic carbocycles. The van der Waals surface area contributed by atoms with E-state index in [1.165, 1.54) is 6.92 Å². The number of benzene rings is 1. The van der Waals surface area contributed by atoms with Gasteiger partial charge in [0, 0.05) is 16.1 Å². The maximum absolute atomic E-state index is 12.3. The Hall–Kier alpha value is -0.960. The van der Waals surface area contributed by atoms with E-state index in [4.69, 9.17) is 0 Å². The van der Waals surface area contributed by atoms with Crippen molar-refractivity contribution in [1.29, 1.82) is 0 Å². The smallest absolute Gasteiger partial charge is 0.188 e. The molecular formula is C10H8BrFO. The summed E-state index contributed by atoms with van der Waals surface area (Å²) in [6.07, 6.45) is 0.975. The molecule has 0 spiro atoms. The topological polar surface area (TPSA) is 17.1 Å². The van der Waals surface area contributed by atoms with Gasteiger partial charge in [0.15, 0.2) is 5.78 Å². The Labute approximate surface area is 84.4 Å². The molecule has 0 saturated carbocycles. The van der Waals surface area contributed by atoms with Crippen molar-refractivity contribution in [2.24, 2.45) is 0 Å². The highest BCUT2D eigenvalue weighted by Crippen LogP contribution is 2.11. The Balaban J connectivity index is 2.90. The van der Waals surface area contributed by atoms with Crippen LogP contribution in [0.25, 0.3) is 0 Å². The van der Waals surface area contributed by atoms with Gasteiger partial charge < -0.3 is 0 Å². The fraction of sp³-hybridized carbons (Fsp3) is 0.100. The highest BCUT2D eigenvalue weighted by Gasteiger charge is 2.01. The lowest BCUT2D eigenvalue weighted by atomic mass is 10.1. The summed E-state index contributed by atoms with van der Waals surface area (Å²) >= 11 is 3.24. The van der Waals surface area contributed by atoms with Crippen LogP contribution in [0.3, 0.4) is 0 Å². The summed E-state index contributed by atoms with van der Waals surface area (Å²) in [6, 6.07) is 6.78. The second-order valence-corrected chi connectivity index (χ2v) is 3.52. The number of halogens is 2. The van der Waals surface area contributed by atoms with Crippen molar-refractivity contribution in [2.75, 3.05) is 0 Å². The standard InChI is InChI=1S/C10H8BrFO/c1-7(12)6-10(13)8-2-4-9(11)5-3-8/h2-6H,1H3/b7-6+. The van der Waals surface area contributed by atoms with Gasteiger partial charge >= 0.3 is 0 Å². The minimum atomic E-state index is -0.479. The molecule has 0 atom stereocenters. The highest BCUT2D eigenvalue weighted by molar-refractivity contribution is 9.10. The molecule has 1 aromatic rings. The minimum absolute atomic E-state index is 0.312. The van der Waals surface area contributed by atoms with E-state index >= 15 is 0 Å². The zero-order valence-electron chi connectivity index (χ0n) is 7.05. The molecule has 0 heterocycles. The van der Waals surface area contributed by atoms with Crippen molar-refractivity contribution in [1.82, 2.24) is 0 Å². The third-order valence-electron chi connectivity index (χ3n) is 1.46. The normalized spacial score (nSPS) is 11.5. The summed E-state index contributed by atoms with van der Waals surface area (Å²) in [5, 5.41) is 0. The number of carbonyl (C=O) groups is 1. The number of hydrogen-bond acceptors (Lipinski definition) is 1. The minimum Gasteiger partial charge on any atom is -0.289 e. The molecule has 0 N–H and O–H groups in total. The molecule has 68 valence electrons. The van der Waals surface area contributed by atoms with Crippen molar-refractivity contribution < 1.29 is 9.18 Å². The van der Waals surface area contributed by atoms with Gasteiger partial charge in [0.2, 0.25) is 0 Å². The average Bonchev–Trinajstić information content (AvgIpc) is 2.04. The molecule has 0 aliphatic rings. The van der Waals surface area contributed by atoms with Crippen LogP contribution in [0, 0.1) is 0 Å². The number of ketones is 1. The molecule has 0 saturated heterocycles. The second-order valence-electron chi connectivity index (χ2n) is 2.60. The van der Waals surface area contributed by atoms with Gasteiger partial charge in [0.1, 0.15) is 5.83 Å². The van der Waals surface area contributed by atoms with Crippen LogP contribution in [0.15, 0.2) is 40.6 Å². The fourth-order valence-electron chi connectivity index (χ4n) is 0.878. The van der Waals surface area contributed by atoms with E-state index < -0.39 is 5.83 Å². The zero-order valence-corrected chi connectivity index (χ0v) is 8.64. The van der Waals surface area contributed by atoms with Crippen molar-refractivity contribution in [3.8, 4) is 0 Å². The number of hydrogen-bond donors (Lipinski definition) is 0. The third kappa shape index (κ3) is 3.11. The Morgan fingerprint density at radius 2 is 1.92 bits per heavy atom. The first-order valence-electron chi connectivity index (χ1n) is 3.73.